The van der Waals surface area contributed by atoms with Gasteiger partial charge in [0.1, 0.15) is 165 Å². The van der Waals surface area contributed by atoms with Gasteiger partial charge < -0.3 is 163 Å². The quantitative estimate of drug-likeness (QED) is 0.0337. The van der Waals surface area contributed by atoms with Gasteiger partial charge in [0.05, 0.1) is 52.3 Å². The van der Waals surface area contributed by atoms with Crippen molar-refractivity contribution in [1.82, 2.24) is 0 Å². The fraction of sp³-hybridized carbons (Fsp3) is 1.00. The van der Waals surface area contributed by atoms with Crippen molar-refractivity contribution < 1.29 is 163 Å². The molecule has 21 aliphatic rings. The molecule has 37 nitrogen and oxygen atoms in total. The third-order valence-corrected chi connectivity index (χ3v) is 18.4. The summed E-state index contributed by atoms with van der Waals surface area (Å²) < 4.78 is 177. The monoisotopic (exact) mass is 1360 g/mol. The Bertz CT molecular complexity index is 2220. The van der Waals surface area contributed by atoms with E-state index in [2.05, 4.69) is 10.0 Å². The van der Waals surface area contributed by atoms with E-state index in [9.17, 15) is 36.2 Å². The van der Waals surface area contributed by atoms with E-state index in [1.807, 2.05) is 0 Å². The van der Waals surface area contributed by atoms with Crippen LogP contribution in [0, 0.1) is 0 Å². The number of azide groups is 1. The number of hydrogen-bond acceptors (Lipinski definition) is 35. The molecule has 35 atom stereocenters. The van der Waals surface area contributed by atoms with Crippen LogP contribution in [0.25, 0.3) is 10.4 Å². The zero-order valence-corrected chi connectivity index (χ0v) is 54.6. The Morgan fingerprint density at radius 2 is 0.376 bits per heavy atom. The molecule has 21 rings (SSSR count). The Labute approximate surface area is 538 Å². The molecule has 14 bridgehead atoms. The van der Waals surface area contributed by atoms with Crippen molar-refractivity contribution in [2.75, 3.05) is 146 Å². The van der Waals surface area contributed by atoms with E-state index < -0.39 is 255 Å². The highest BCUT2D eigenvalue weighted by molar-refractivity contribution is 5.04. The molecule has 0 saturated carbocycles. The standard InChI is InChI=1S/C56H97N3O34/c1-66-36-29-22(15-58-59-57)80-50(43(36)73-8)88-30-23(16-60)82-52(45(75-10)37(30)67-2)90-32-25(18-62)84-54(47(77-12)39(32)69-4)92-34-27(20-64)86-56(49(79-14)41(34)71-6)93-35-28(21-65)85-55(48(78-13)42(35)72-7)91-33-26(19-63)83-53(46(76-11)40(33)70-5)89-31-24(17-61)81-51(87-29)44(74-9)38(31)68-3/h22-56,60-65H,15-21H2,1-14H3/t22-,23-,24-,25-,26-,27-,28-,29-,30-,31-,32-,33-,34-,35-,36+,37+,38+,39+,40+,41+,42+,43-,44-,45-,46-,47-,48-,49-,50-,51-,52-,53-,54-,55-,56-/m1/s1. The summed E-state index contributed by atoms with van der Waals surface area (Å²) in [6.07, 6.45) is -44.0. The smallest absolute Gasteiger partial charge is 0.187 e. The zero-order chi connectivity index (χ0) is 67.4. The van der Waals surface area contributed by atoms with E-state index in [0.29, 0.717) is 0 Å². The molecule has 21 fully saturated rings. The minimum Gasteiger partial charge on any atom is -0.394 e. The summed E-state index contributed by atoms with van der Waals surface area (Å²) in [4.78, 5) is 2.98. The average Bonchev–Trinajstić information content (AvgIpc) is 0.780. The summed E-state index contributed by atoms with van der Waals surface area (Å²) >= 11 is 0. The van der Waals surface area contributed by atoms with E-state index in [4.69, 9.17) is 133 Å². The van der Waals surface area contributed by atoms with E-state index >= 15 is 0 Å². The molecule has 0 radical (unpaired) electrons. The molecule has 21 heterocycles. The van der Waals surface area contributed by atoms with E-state index in [-0.39, 0.29) is 6.54 Å². The highest BCUT2D eigenvalue weighted by Gasteiger charge is 2.62. The maximum atomic E-state index is 11.1. The summed E-state index contributed by atoms with van der Waals surface area (Å²) in [5, 5.41) is 70.6. The predicted octanol–water partition coefficient (Wildman–Crippen LogP) is -4.76. The van der Waals surface area contributed by atoms with Gasteiger partial charge in [0.25, 0.3) is 0 Å². The molecule has 0 amide bonds. The van der Waals surface area contributed by atoms with Gasteiger partial charge in [-0.05, 0) is 5.53 Å². The highest BCUT2D eigenvalue weighted by Crippen LogP contribution is 2.43. The van der Waals surface area contributed by atoms with Crippen molar-refractivity contribution in [2.24, 2.45) is 5.11 Å². The van der Waals surface area contributed by atoms with Crippen LogP contribution in [-0.2, 0) is 133 Å². The molecule has 0 aromatic carbocycles. The second kappa shape index (κ2) is 36.3. The molecule has 0 aliphatic carbocycles. The van der Waals surface area contributed by atoms with Gasteiger partial charge in [-0.2, -0.15) is 0 Å². The summed E-state index contributed by atoms with van der Waals surface area (Å²) in [6.45, 7) is -4.60. The first-order valence-electron chi connectivity index (χ1n) is 30.4. The zero-order valence-electron chi connectivity index (χ0n) is 54.6. The molecule has 37 heteroatoms. The number of aliphatic hydroxyl groups excluding tert-OH is 6. The molecule has 0 aromatic heterocycles. The van der Waals surface area contributed by atoms with Crippen LogP contribution in [0.3, 0.4) is 0 Å². The molecule has 93 heavy (non-hydrogen) atoms. The Morgan fingerprint density at radius 3 is 0.505 bits per heavy atom. The Balaban J connectivity index is 1.20. The molecule has 0 unspecified atom stereocenters. The Morgan fingerprint density at radius 1 is 0.237 bits per heavy atom. The van der Waals surface area contributed by atoms with Crippen LogP contribution in [0.4, 0.5) is 0 Å². The second-order valence-corrected chi connectivity index (χ2v) is 22.8. The van der Waals surface area contributed by atoms with Gasteiger partial charge in [-0.25, -0.2) is 0 Å². The molecule has 21 saturated heterocycles. The van der Waals surface area contributed by atoms with Gasteiger partial charge in [0.15, 0.2) is 44.0 Å². The van der Waals surface area contributed by atoms with E-state index in [1.54, 1.807) is 0 Å². The largest absolute Gasteiger partial charge is 0.394 e. The van der Waals surface area contributed by atoms with Gasteiger partial charge in [-0.1, -0.05) is 5.11 Å². The maximum Gasteiger partial charge on any atom is 0.187 e. The first-order valence-corrected chi connectivity index (χ1v) is 30.4. The van der Waals surface area contributed by atoms with E-state index in [1.165, 1.54) is 99.5 Å². The van der Waals surface area contributed by atoms with Crippen molar-refractivity contribution in [1.29, 1.82) is 0 Å². The molecule has 0 spiro atoms. The number of hydrogen-bond donors (Lipinski definition) is 6. The Kier molecular flexibility index (Phi) is 30.0. The van der Waals surface area contributed by atoms with Crippen molar-refractivity contribution in [3.63, 3.8) is 0 Å². The van der Waals surface area contributed by atoms with Gasteiger partial charge in [-0.15, -0.1) is 0 Å². The third kappa shape index (κ3) is 15.8. The summed E-state index contributed by atoms with van der Waals surface area (Å²) in [6, 6.07) is 0. The number of aliphatic hydroxyl groups is 6. The van der Waals surface area contributed by atoms with Crippen LogP contribution in [0.1, 0.15) is 0 Å². The van der Waals surface area contributed by atoms with Gasteiger partial charge >= 0.3 is 0 Å². The fourth-order valence-corrected chi connectivity index (χ4v) is 13.9. The summed E-state index contributed by atoms with van der Waals surface area (Å²) in [7, 11) is 19.2. The molecular formula is C56H97N3O34. The lowest BCUT2D eigenvalue weighted by molar-refractivity contribution is -0.402. The highest BCUT2D eigenvalue weighted by atomic mass is 16.8. The summed E-state index contributed by atoms with van der Waals surface area (Å²) in [5.74, 6) is 0. The topological polar surface area (TPSA) is 429 Å². The maximum absolute atomic E-state index is 11.1. The lowest BCUT2D eigenvalue weighted by Crippen LogP contribution is -2.69. The third-order valence-electron chi connectivity index (χ3n) is 18.4. The second-order valence-electron chi connectivity index (χ2n) is 22.8. The minimum absolute atomic E-state index is 0.390. The van der Waals surface area contributed by atoms with Crippen molar-refractivity contribution in [3.8, 4) is 0 Å². The van der Waals surface area contributed by atoms with Crippen LogP contribution in [-0.4, -0.2) is 391 Å². The van der Waals surface area contributed by atoms with Crippen LogP contribution < -0.4 is 0 Å². The molecule has 0 aromatic rings. The lowest BCUT2D eigenvalue weighted by Gasteiger charge is -2.52. The molecule has 21 aliphatic heterocycles. The van der Waals surface area contributed by atoms with E-state index in [0.717, 1.165) is 0 Å². The van der Waals surface area contributed by atoms with Crippen LogP contribution in [0.15, 0.2) is 5.11 Å². The normalized spacial score (nSPS) is 47.8. The van der Waals surface area contributed by atoms with Crippen LogP contribution in [0.5, 0.6) is 0 Å². The minimum atomic E-state index is -1.44. The molecule has 540 valence electrons. The lowest BCUT2D eigenvalue weighted by atomic mass is 9.94. The molecular weight excluding hydrogens is 1260 g/mol. The first kappa shape index (κ1) is 76.7. The average molecular weight is 1360 g/mol. The molecule has 6 N–H and O–H groups in total. The Hall–Kier alpha value is -2.05. The van der Waals surface area contributed by atoms with Gasteiger partial charge in [0.2, 0.25) is 0 Å². The van der Waals surface area contributed by atoms with Crippen molar-refractivity contribution in [2.45, 2.75) is 215 Å². The predicted molar refractivity (Wildman–Crippen MR) is 302 cm³/mol. The summed E-state index contributed by atoms with van der Waals surface area (Å²) in [5.41, 5.74) is 9.69. The van der Waals surface area contributed by atoms with Crippen LogP contribution in [0.2, 0.25) is 0 Å². The first-order chi connectivity index (χ1) is 45.2. The fourth-order valence-electron chi connectivity index (χ4n) is 13.9. The number of methoxy groups -OCH3 is 14. The number of nitrogens with zero attached hydrogens (tertiary/aromatic N) is 3. The van der Waals surface area contributed by atoms with Gasteiger partial charge in [-0.3, -0.25) is 0 Å². The van der Waals surface area contributed by atoms with Crippen molar-refractivity contribution in [3.05, 3.63) is 10.4 Å². The number of rotatable bonds is 22. The number of ether oxygens (including phenoxy) is 28. The van der Waals surface area contributed by atoms with Gasteiger partial charge in [0, 0.05) is 104 Å². The van der Waals surface area contributed by atoms with Crippen LogP contribution >= 0.6 is 0 Å². The van der Waals surface area contributed by atoms with Crippen molar-refractivity contribution >= 4 is 0 Å². The SMILES string of the molecule is CO[C@@H]1[C@@H](OC)[C@H]2O[C@H]3[C@H](OC)[C@@H](OC)[C@@H](O[C@H]4[C@H](OC)[C@@H](OC)[C@@H](O[C@H]5[C@H](OC)[C@@H](OC)[C@@H](O[C@H]6[C@H](OC)[C@@H](OC)[C@@H](O[C@H]7[C@H](OC)[C@@H](OC)[C@@H](O[C@H]8[C@H](OC)[C@@H](OC)[C@@H](O[C@@H]1[C@@H](CO)O2)O[C@@H]8CO)O[C@@H]7CO)O[C@@H]6CO)O[C@@H]5CN=[N+]=[N-])O[C@@H]4CO)O[C@@H]3CO.